The number of ketones is 1. The highest BCUT2D eigenvalue weighted by Crippen LogP contribution is 2.23. The van der Waals surface area contributed by atoms with E-state index in [1.807, 2.05) is 0 Å². The van der Waals surface area contributed by atoms with Gasteiger partial charge in [0.25, 0.3) is 0 Å². The molecular weight excluding hydrogens is 258 g/mol. The molecule has 2 aromatic rings. The van der Waals surface area contributed by atoms with Gasteiger partial charge in [0.15, 0.2) is 5.78 Å². The van der Waals surface area contributed by atoms with E-state index in [9.17, 15) is 13.6 Å². The molecule has 1 nitrogen and oxygen atoms in total. The SMILES string of the molecule is Cc1ccc(C(=O)c2c(F)cccc2Cl)cc1F. The molecule has 4 heteroatoms. The molecule has 0 aromatic heterocycles. The van der Waals surface area contributed by atoms with E-state index < -0.39 is 17.4 Å². The molecule has 0 saturated heterocycles. The maximum atomic E-state index is 13.6. The van der Waals surface area contributed by atoms with Crippen molar-refractivity contribution in [2.24, 2.45) is 0 Å². The lowest BCUT2D eigenvalue weighted by Crippen LogP contribution is -2.06. The average Bonchev–Trinajstić information content (AvgIpc) is 2.32. The number of rotatable bonds is 2. The monoisotopic (exact) mass is 266 g/mol. The number of hydrogen-bond donors (Lipinski definition) is 0. The van der Waals surface area contributed by atoms with Gasteiger partial charge in [0.05, 0.1) is 10.6 Å². The molecule has 0 spiro atoms. The predicted molar refractivity (Wildman–Crippen MR) is 66.0 cm³/mol. The van der Waals surface area contributed by atoms with E-state index in [0.717, 1.165) is 12.1 Å². The van der Waals surface area contributed by atoms with E-state index >= 15 is 0 Å². The lowest BCUT2D eigenvalue weighted by Gasteiger charge is -2.06. The van der Waals surface area contributed by atoms with Crippen LogP contribution in [0.1, 0.15) is 21.5 Å². The fourth-order valence-corrected chi connectivity index (χ4v) is 1.84. The van der Waals surface area contributed by atoms with Crippen LogP contribution in [0.15, 0.2) is 36.4 Å². The summed E-state index contributed by atoms with van der Waals surface area (Å²) >= 11 is 5.79. The average molecular weight is 267 g/mol. The third-order valence-corrected chi connectivity index (χ3v) is 2.94. The standard InChI is InChI=1S/C14H9ClF2O/c1-8-5-6-9(7-12(8)17)14(18)13-10(15)3-2-4-11(13)16/h2-7H,1H3. The fraction of sp³-hybridized carbons (Fsp3) is 0.0714. The molecular formula is C14H9ClF2O. The van der Waals surface area contributed by atoms with Crippen molar-refractivity contribution < 1.29 is 13.6 Å². The molecule has 0 saturated carbocycles. The van der Waals surface area contributed by atoms with Gasteiger partial charge in [-0.15, -0.1) is 0 Å². The first-order valence-electron chi connectivity index (χ1n) is 5.25. The van der Waals surface area contributed by atoms with Crippen molar-refractivity contribution in [1.29, 1.82) is 0 Å². The first-order chi connectivity index (χ1) is 8.50. The molecule has 0 aliphatic carbocycles. The van der Waals surface area contributed by atoms with Gasteiger partial charge in [0, 0.05) is 5.56 Å². The molecule has 0 aliphatic rings. The lowest BCUT2D eigenvalue weighted by atomic mass is 10.0. The van der Waals surface area contributed by atoms with E-state index in [0.29, 0.717) is 5.56 Å². The van der Waals surface area contributed by atoms with Gasteiger partial charge < -0.3 is 0 Å². The first-order valence-corrected chi connectivity index (χ1v) is 5.63. The van der Waals surface area contributed by atoms with E-state index in [4.69, 9.17) is 11.6 Å². The zero-order valence-corrected chi connectivity index (χ0v) is 10.3. The van der Waals surface area contributed by atoms with E-state index in [2.05, 4.69) is 0 Å². The topological polar surface area (TPSA) is 17.1 Å². The second-order valence-corrected chi connectivity index (χ2v) is 4.30. The van der Waals surface area contributed by atoms with Gasteiger partial charge in [-0.3, -0.25) is 4.79 Å². The molecule has 0 unspecified atom stereocenters. The van der Waals surface area contributed by atoms with E-state index in [1.165, 1.54) is 24.3 Å². The van der Waals surface area contributed by atoms with E-state index in [-0.39, 0.29) is 16.1 Å². The molecule has 0 N–H and O–H groups in total. The molecule has 18 heavy (non-hydrogen) atoms. The Kier molecular flexibility index (Phi) is 3.43. The number of carbonyl (C=O) groups excluding carboxylic acids is 1. The second kappa shape index (κ2) is 4.86. The zero-order valence-electron chi connectivity index (χ0n) is 9.51. The molecule has 0 heterocycles. The minimum atomic E-state index is -0.714. The first kappa shape index (κ1) is 12.7. The van der Waals surface area contributed by atoms with Crippen LogP contribution in [0.4, 0.5) is 8.78 Å². The summed E-state index contributed by atoms with van der Waals surface area (Å²) in [4.78, 5) is 12.1. The van der Waals surface area contributed by atoms with Crippen molar-refractivity contribution >= 4 is 17.4 Å². The number of hydrogen-bond acceptors (Lipinski definition) is 1. The molecule has 0 atom stereocenters. The third-order valence-electron chi connectivity index (χ3n) is 2.62. The molecule has 2 rings (SSSR count). The number of halogens is 3. The minimum Gasteiger partial charge on any atom is -0.288 e. The summed E-state index contributed by atoms with van der Waals surface area (Å²) < 4.78 is 26.9. The summed E-state index contributed by atoms with van der Waals surface area (Å²) in [5.41, 5.74) is 0.263. The third kappa shape index (κ3) is 2.27. The van der Waals surface area contributed by atoms with Crippen LogP contribution >= 0.6 is 11.6 Å². The van der Waals surface area contributed by atoms with Crippen molar-refractivity contribution in [1.82, 2.24) is 0 Å². The normalized spacial score (nSPS) is 10.4. The van der Waals surface area contributed by atoms with Crippen LogP contribution in [-0.4, -0.2) is 5.78 Å². The highest BCUT2D eigenvalue weighted by Gasteiger charge is 2.18. The number of aryl methyl sites for hydroxylation is 1. The lowest BCUT2D eigenvalue weighted by molar-refractivity contribution is 0.103. The second-order valence-electron chi connectivity index (χ2n) is 3.89. The number of carbonyl (C=O) groups is 1. The van der Waals surface area contributed by atoms with Crippen LogP contribution in [0.2, 0.25) is 5.02 Å². The minimum absolute atomic E-state index is 0.0148. The van der Waals surface area contributed by atoms with Crippen molar-refractivity contribution in [2.45, 2.75) is 6.92 Å². The summed E-state index contributed by atoms with van der Waals surface area (Å²) in [6.45, 7) is 1.58. The molecule has 0 bridgehead atoms. The van der Waals surface area contributed by atoms with Crippen LogP contribution in [0, 0.1) is 18.6 Å². The van der Waals surface area contributed by atoms with Gasteiger partial charge >= 0.3 is 0 Å². The van der Waals surface area contributed by atoms with Gasteiger partial charge in [-0.1, -0.05) is 29.8 Å². The quantitative estimate of drug-likeness (QED) is 0.746. The van der Waals surface area contributed by atoms with Crippen LogP contribution in [0.25, 0.3) is 0 Å². The molecule has 0 radical (unpaired) electrons. The largest absolute Gasteiger partial charge is 0.288 e. The Balaban J connectivity index is 2.51. The molecule has 92 valence electrons. The fourth-order valence-electron chi connectivity index (χ4n) is 1.59. The zero-order chi connectivity index (χ0) is 13.3. The van der Waals surface area contributed by atoms with Crippen LogP contribution in [-0.2, 0) is 0 Å². The van der Waals surface area contributed by atoms with Crippen molar-refractivity contribution in [2.75, 3.05) is 0 Å². The maximum absolute atomic E-state index is 13.6. The van der Waals surface area contributed by atoms with Gasteiger partial charge in [0.2, 0.25) is 0 Å². The van der Waals surface area contributed by atoms with Gasteiger partial charge in [-0.05, 0) is 30.7 Å². The van der Waals surface area contributed by atoms with Crippen molar-refractivity contribution in [3.63, 3.8) is 0 Å². The Morgan fingerprint density at radius 2 is 1.83 bits per heavy atom. The summed E-state index contributed by atoms with van der Waals surface area (Å²) in [7, 11) is 0. The Morgan fingerprint density at radius 1 is 1.11 bits per heavy atom. The summed E-state index contributed by atoms with van der Waals surface area (Å²) in [6, 6.07) is 7.97. The Labute approximate surface area is 108 Å². The molecule has 0 aliphatic heterocycles. The van der Waals surface area contributed by atoms with Crippen molar-refractivity contribution in [3.05, 3.63) is 69.7 Å². The summed E-state index contributed by atoms with van der Waals surface area (Å²) in [6.07, 6.45) is 0. The molecule has 0 fully saturated rings. The Morgan fingerprint density at radius 3 is 2.44 bits per heavy atom. The number of benzene rings is 2. The summed E-state index contributed by atoms with van der Waals surface area (Å²) in [5.74, 6) is -1.85. The van der Waals surface area contributed by atoms with Gasteiger partial charge in [0.1, 0.15) is 11.6 Å². The molecule has 0 amide bonds. The predicted octanol–water partition coefficient (Wildman–Crippen LogP) is 4.16. The van der Waals surface area contributed by atoms with Crippen molar-refractivity contribution in [3.8, 4) is 0 Å². The Hall–Kier alpha value is -1.74. The Bertz CT molecular complexity index is 603. The van der Waals surface area contributed by atoms with Crippen LogP contribution < -0.4 is 0 Å². The summed E-state index contributed by atoms with van der Waals surface area (Å²) in [5, 5.41) is 0.0148. The van der Waals surface area contributed by atoms with Gasteiger partial charge in [-0.2, -0.15) is 0 Å². The molecule has 2 aromatic carbocycles. The highest BCUT2D eigenvalue weighted by molar-refractivity contribution is 6.35. The maximum Gasteiger partial charge on any atom is 0.197 e. The van der Waals surface area contributed by atoms with E-state index in [1.54, 1.807) is 6.92 Å². The smallest absolute Gasteiger partial charge is 0.197 e. The van der Waals surface area contributed by atoms with Crippen LogP contribution in [0.5, 0.6) is 0 Å². The highest BCUT2D eigenvalue weighted by atomic mass is 35.5. The van der Waals surface area contributed by atoms with Gasteiger partial charge in [-0.25, -0.2) is 8.78 Å². The van der Waals surface area contributed by atoms with Crippen LogP contribution in [0.3, 0.4) is 0 Å².